The van der Waals surface area contributed by atoms with Crippen LogP contribution < -0.4 is 10.1 Å². The SMILES string of the molecule is N#Cc1ccc(Nc2nccc(Oc3cc4ccc(C#N)cc4cc3Br)n2)cc1. The maximum atomic E-state index is 9.05. The van der Waals surface area contributed by atoms with E-state index >= 15 is 0 Å². The second kappa shape index (κ2) is 7.97. The first-order chi connectivity index (χ1) is 14.1. The molecule has 0 saturated carbocycles. The molecule has 0 atom stereocenters. The van der Waals surface area contributed by atoms with Crippen LogP contribution in [0.25, 0.3) is 10.8 Å². The van der Waals surface area contributed by atoms with Crippen LogP contribution in [0.2, 0.25) is 0 Å². The van der Waals surface area contributed by atoms with Crippen LogP contribution in [0.5, 0.6) is 11.6 Å². The number of aromatic nitrogens is 2. The minimum atomic E-state index is 0.378. The van der Waals surface area contributed by atoms with Crippen molar-refractivity contribution in [1.82, 2.24) is 9.97 Å². The van der Waals surface area contributed by atoms with Gasteiger partial charge >= 0.3 is 0 Å². The van der Waals surface area contributed by atoms with Gasteiger partial charge in [0, 0.05) is 18.0 Å². The normalized spacial score (nSPS) is 10.2. The van der Waals surface area contributed by atoms with E-state index in [0.717, 1.165) is 20.9 Å². The Labute approximate surface area is 175 Å². The van der Waals surface area contributed by atoms with Crippen LogP contribution in [0.1, 0.15) is 11.1 Å². The maximum absolute atomic E-state index is 9.05. The summed E-state index contributed by atoms with van der Waals surface area (Å²) in [6.07, 6.45) is 1.60. The first kappa shape index (κ1) is 18.4. The zero-order valence-corrected chi connectivity index (χ0v) is 16.5. The van der Waals surface area contributed by atoms with E-state index < -0.39 is 0 Å². The Balaban J connectivity index is 1.58. The molecule has 0 aliphatic carbocycles. The fraction of sp³-hybridized carbons (Fsp3) is 0. The molecule has 0 saturated heterocycles. The smallest absolute Gasteiger partial charge is 0.230 e. The van der Waals surface area contributed by atoms with Gasteiger partial charge in [0.15, 0.2) is 0 Å². The lowest BCUT2D eigenvalue weighted by molar-refractivity contribution is 0.460. The third-order valence-corrected chi connectivity index (χ3v) is 4.75. The van der Waals surface area contributed by atoms with Gasteiger partial charge in [-0.3, -0.25) is 0 Å². The minimum absolute atomic E-state index is 0.378. The number of anilines is 2. The number of fused-ring (bicyclic) bond motifs is 1. The highest BCUT2D eigenvalue weighted by molar-refractivity contribution is 9.10. The Morgan fingerprint density at radius 2 is 1.62 bits per heavy atom. The van der Waals surface area contributed by atoms with E-state index in [1.807, 2.05) is 24.3 Å². The lowest BCUT2D eigenvalue weighted by Gasteiger charge is -2.10. The Morgan fingerprint density at radius 1 is 0.862 bits per heavy atom. The summed E-state index contributed by atoms with van der Waals surface area (Å²) >= 11 is 3.51. The van der Waals surface area contributed by atoms with E-state index in [0.29, 0.717) is 28.7 Å². The highest BCUT2D eigenvalue weighted by Crippen LogP contribution is 2.33. The van der Waals surface area contributed by atoms with Crippen molar-refractivity contribution in [3.63, 3.8) is 0 Å². The molecule has 4 rings (SSSR count). The Bertz CT molecular complexity index is 1290. The van der Waals surface area contributed by atoms with Gasteiger partial charge in [0.05, 0.1) is 27.7 Å². The van der Waals surface area contributed by atoms with Crippen LogP contribution in [-0.2, 0) is 0 Å². The van der Waals surface area contributed by atoms with E-state index in [2.05, 4.69) is 43.4 Å². The van der Waals surface area contributed by atoms with Crippen LogP contribution in [0.4, 0.5) is 11.6 Å². The Kier molecular flexibility index (Phi) is 5.07. The summed E-state index contributed by atoms with van der Waals surface area (Å²) in [5.41, 5.74) is 1.95. The molecule has 6 nitrogen and oxygen atoms in total. The van der Waals surface area contributed by atoms with E-state index in [1.54, 1.807) is 42.6 Å². The molecule has 0 radical (unpaired) electrons. The molecule has 3 aromatic carbocycles. The van der Waals surface area contributed by atoms with Gasteiger partial charge in [0.25, 0.3) is 0 Å². The molecule has 1 heterocycles. The summed E-state index contributed by atoms with van der Waals surface area (Å²) in [6.45, 7) is 0. The summed E-state index contributed by atoms with van der Waals surface area (Å²) in [5.74, 6) is 1.36. The van der Waals surface area contributed by atoms with Crippen molar-refractivity contribution < 1.29 is 4.74 Å². The molecule has 7 heteroatoms. The molecule has 1 N–H and O–H groups in total. The van der Waals surface area contributed by atoms with Gasteiger partial charge in [-0.1, -0.05) is 6.07 Å². The molecule has 0 unspecified atom stereocenters. The summed E-state index contributed by atoms with van der Waals surface area (Å²) < 4.78 is 6.69. The highest BCUT2D eigenvalue weighted by Gasteiger charge is 2.08. The van der Waals surface area contributed by atoms with Crippen LogP contribution in [0.15, 0.2) is 71.3 Å². The molecule has 0 spiro atoms. The Morgan fingerprint density at radius 3 is 2.38 bits per heavy atom. The van der Waals surface area contributed by atoms with Crippen molar-refractivity contribution in [1.29, 1.82) is 10.5 Å². The third-order valence-electron chi connectivity index (χ3n) is 4.13. The van der Waals surface area contributed by atoms with Crippen molar-refractivity contribution in [3.05, 3.63) is 82.5 Å². The molecule has 0 amide bonds. The average molecular weight is 442 g/mol. The zero-order valence-electron chi connectivity index (χ0n) is 14.9. The fourth-order valence-electron chi connectivity index (χ4n) is 2.73. The van der Waals surface area contributed by atoms with Crippen LogP contribution >= 0.6 is 15.9 Å². The van der Waals surface area contributed by atoms with Crippen molar-refractivity contribution in [2.75, 3.05) is 5.32 Å². The van der Waals surface area contributed by atoms with Gasteiger partial charge in [-0.25, -0.2) is 4.98 Å². The van der Waals surface area contributed by atoms with E-state index in [-0.39, 0.29) is 0 Å². The molecule has 0 fully saturated rings. The number of halogens is 1. The molecule has 1 aromatic heterocycles. The fourth-order valence-corrected chi connectivity index (χ4v) is 3.17. The van der Waals surface area contributed by atoms with Gasteiger partial charge in [0.1, 0.15) is 5.75 Å². The summed E-state index contributed by atoms with van der Waals surface area (Å²) in [6, 6.07) is 22.1. The van der Waals surface area contributed by atoms with Crippen molar-refractivity contribution in [2.45, 2.75) is 0 Å². The monoisotopic (exact) mass is 441 g/mol. The van der Waals surface area contributed by atoms with Gasteiger partial charge in [0.2, 0.25) is 11.8 Å². The van der Waals surface area contributed by atoms with Crippen LogP contribution in [0, 0.1) is 22.7 Å². The number of nitriles is 2. The average Bonchev–Trinajstić information content (AvgIpc) is 2.75. The summed E-state index contributed by atoms with van der Waals surface area (Å²) in [7, 11) is 0. The molecule has 0 bridgehead atoms. The quantitative estimate of drug-likeness (QED) is 0.438. The first-order valence-corrected chi connectivity index (χ1v) is 9.35. The van der Waals surface area contributed by atoms with E-state index in [9.17, 15) is 0 Å². The van der Waals surface area contributed by atoms with Gasteiger partial charge < -0.3 is 10.1 Å². The molecule has 0 aliphatic heterocycles. The highest BCUT2D eigenvalue weighted by atomic mass is 79.9. The first-order valence-electron chi connectivity index (χ1n) is 8.56. The van der Waals surface area contributed by atoms with Crippen LogP contribution in [-0.4, -0.2) is 9.97 Å². The summed E-state index contributed by atoms with van der Waals surface area (Å²) in [5, 5.41) is 22.9. The standard InChI is InChI=1S/C22H12BrN5O/c23-19-10-17-9-15(13-25)1-4-16(17)11-20(19)29-21-7-8-26-22(28-21)27-18-5-2-14(12-24)3-6-18/h1-11H,(H,26,27,28). The number of ether oxygens (including phenoxy) is 1. The summed E-state index contributed by atoms with van der Waals surface area (Å²) in [4.78, 5) is 8.58. The van der Waals surface area contributed by atoms with Gasteiger partial charge in [-0.2, -0.15) is 15.5 Å². The number of benzene rings is 3. The topological polar surface area (TPSA) is 94.6 Å². The van der Waals surface area contributed by atoms with E-state index in [1.165, 1.54) is 0 Å². The third kappa shape index (κ3) is 4.16. The second-order valence-electron chi connectivity index (χ2n) is 6.09. The van der Waals surface area contributed by atoms with E-state index in [4.69, 9.17) is 15.3 Å². The molecule has 4 aromatic rings. The molecule has 138 valence electrons. The predicted octanol–water partition coefficient (Wildman–Crippen LogP) is 5.67. The molecule has 0 aliphatic rings. The predicted molar refractivity (Wildman–Crippen MR) is 113 cm³/mol. The van der Waals surface area contributed by atoms with Crippen molar-refractivity contribution in [3.8, 4) is 23.8 Å². The molecular formula is C22H12BrN5O. The molecular weight excluding hydrogens is 430 g/mol. The zero-order chi connectivity index (χ0) is 20.2. The second-order valence-corrected chi connectivity index (χ2v) is 6.95. The number of hydrogen-bond donors (Lipinski definition) is 1. The number of nitrogens with zero attached hydrogens (tertiary/aromatic N) is 4. The van der Waals surface area contributed by atoms with Crippen molar-refractivity contribution in [2.24, 2.45) is 0 Å². The Hall–Kier alpha value is -3.94. The molecule has 29 heavy (non-hydrogen) atoms. The number of hydrogen-bond acceptors (Lipinski definition) is 6. The number of nitrogens with one attached hydrogen (secondary N) is 1. The lowest BCUT2D eigenvalue weighted by Crippen LogP contribution is -1.98. The van der Waals surface area contributed by atoms with Crippen molar-refractivity contribution >= 4 is 38.3 Å². The van der Waals surface area contributed by atoms with Gasteiger partial charge in [-0.15, -0.1) is 0 Å². The largest absolute Gasteiger partial charge is 0.438 e. The lowest BCUT2D eigenvalue weighted by atomic mass is 10.1. The van der Waals surface area contributed by atoms with Gasteiger partial charge in [-0.05, 0) is 75.2 Å². The minimum Gasteiger partial charge on any atom is -0.438 e. The maximum Gasteiger partial charge on any atom is 0.230 e. The number of rotatable bonds is 4. The van der Waals surface area contributed by atoms with Crippen LogP contribution in [0.3, 0.4) is 0 Å².